The van der Waals surface area contributed by atoms with Gasteiger partial charge >= 0.3 is 0 Å². The first-order valence-corrected chi connectivity index (χ1v) is 7.20. The first-order chi connectivity index (χ1) is 9.47. The topological polar surface area (TPSA) is 59.6 Å². The fraction of sp³-hybridized carbons (Fsp3) is 0.500. The van der Waals surface area contributed by atoms with E-state index in [-0.39, 0.29) is 18.6 Å². The second kappa shape index (κ2) is 8.11. The molecule has 0 bridgehead atoms. The van der Waals surface area contributed by atoms with Gasteiger partial charge in [-0.25, -0.2) is 0 Å². The molecule has 1 amide bonds. The minimum atomic E-state index is -0.159. The van der Waals surface area contributed by atoms with Crippen molar-refractivity contribution in [1.29, 1.82) is 0 Å². The summed E-state index contributed by atoms with van der Waals surface area (Å²) < 4.78 is 11.6. The highest BCUT2D eigenvalue weighted by molar-refractivity contribution is 9.10. The Morgan fingerprint density at radius 2 is 2.10 bits per heavy atom. The number of ether oxygens (including phenoxy) is 2. The van der Waals surface area contributed by atoms with Crippen LogP contribution >= 0.6 is 15.9 Å². The van der Waals surface area contributed by atoms with Gasteiger partial charge in [0, 0.05) is 12.6 Å². The van der Waals surface area contributed by atoms with Gasteiger partial charge in [0.15, 0.2) is 18.1 Å². The number of rotatable bonds is 7. The molecule has 1 aromatic carbocycles. The van der Waals surface area contributed by atoms with Crippen LogP contribution in [0.5, 0.6) is 11.5 Å². The monoisotopic (exact) mass is 344 g/mol. The van der Waals surface area contributed by atoms with E-state index in [1.165, 1.54) is 0 Å². The van der Waals surface area contributed by atoms with Gasteiger partial charge in [0.2, 0.25) is 0 Å². The predicted molar refractivity (Wildman–Crippen MR) is 82.2 cm³/mol. The predicted octanol–water partition coefficient (Wildman–Crippen LogP) is 2.08. The molecule has 2 N–H and O–H groups in total. The Morgan fingerprint density at radius 3 is 2.65 bits per heavy atom. The second-order valence-corrected chi connectivity index (χ2v) is 5.50. The molecule has 0 heterocycles. The quantitative estimate of drug-likeness (QED) is 0.795. The van der Waals surface area contributed by atoms with Gasteiger partial charge in [0.1, 0.15) is 0 Å². The fourth-order valence-electron chi connectivity index (χ4n) is 1.72. The molecular weight excluding hydrogens is 324 g/mol. The SMILES string of the molecule is CNCc1cc(Br)c(OCC(=O)NC(C)C)c(OC)c1. The van der Waals surface area contributed by atoms with Crippen molar-refractivity contribution in [1.82, 2.24) is 10.6 Å². The van der Waals surface area contributed by atoms with Crippen LogP contribution in [-0.4, -0.2) is 32.7 Å². The van der Waals surface area contributed by atoms with Crippen molar-refractivity contribution in [3.63, 3.8) is 0 Å². The summed E-state index contributed by atoms with van der Waals surface area (Å²) in [4.78, 5) is 11.6. The zero-order valence-corrected chi connectivity index (χ0v) is 13.8. The lowest BCUT2D eigenvalue weighted by molar-refractivity contribution is -0.123. The third-order valence-electron chi connectivity index (χ3n) is 2.47. The molecule has 1 aromatic rings. The van der Waals surface area contributed by atoms with E-state index in [9.17, 15) is 4.79 Å². The Kier molecular flexibility index (Phi) is 6.81. The summed E-state index contributed by atoms with van der Waals surface area (Å²) in [7, 11) is 3.45. The number of hydrogen-bond donors (Lipinski definition) is 2. The molecule has 0 unspecified atom stereocenters. The summed E-state index contributed by atoms with van der Waals surface area (Å²) in [6, 6.07) is 3.92. The van der Waals surface area contributed by atoms with Gasteiger partial charge < -0.3 is 20.1 Å². The third-order valence-corrected chi connectivity index (χ3v) is 3.06. The van der Waals surface area contributed by atoms with Crippen LogP contribution in [0.1, 0.15) is 19.4 Å². The second-order valence-electron chi connectivity index (χ2n) is 4.65. The maximum Gasteiger partial charge on any atom is 0.258 e. The van der Waals surface area contributed by atoms with E-state index in [0.717, 1.165) is 16.6 Å². The van der Waals surface area contributed by atoms with Crippen molar-refractivity contribution in [2.45, 2.75) is 26.4 Å². The van der Waals surface area contributed by atoms with Crippen molar-refractivity contribution in [3.05, 3.63) is 22.2 Å². The number of halogens is 1. The van der Waals surface area contributed by atoms with Crippen molar-refractivity contribution in [2.24, 2.45) is 0 Å². The number of carbonyl (C=O) groups is 1. The van der Waals surface area contributed by atoms with Crippen LogP contribution in [0, 0.1) is 0 Å². The number of benzene rings is 1. The molecule has 20 heavy (non-hydrogen) atoms. The summed E-state index contributed by atoms with van der Waals surface area (Å²) in [5, 5.41) is 5.84. The zero-order valence-electron chi connectivity index (χ0n) is 12.2. The minimum Gasteiger partial charge on any atom is -0.493 e. The summed E-state index contributed by atoms with van der Waals surface area (Å²) >= 11 is 3.45. The molecule has 1 rings (SSSR count). The lowest BCUT2D eigenvalue weighted by Gasteiger charge is -2.15. The van der Waals surface area contributed by atoms with Gasteiger partial charge in [-0.1, -0.05) is 0 Å². The van der Waals surface area contributed by atoms with Crippen molar-refractivity contribution in [3.8, 4) is 11.5 Å². The van der Waals surface area contributed by atoms with Gasteiger partial charge in [-0.3, -0.25) is 4.79 Å². The summed E-state index contributed by atoms with van der Waals surface area (Å²) in [5.41, 5.74) is 1.07. The van der Waals surface area contributed by atoms with Crippen LogP contribution < -0.4 is 20.1 Å². The van der Waals surface area contributed by atoms with E-state index in [0.29, 0.717) is 11.5 Å². The zero-order chi connectivity index (χ0) is 15.1. The molecular formula is C14H21BrN2O3. The van der Waals surface area contributed by atoms with Gasteiger partial charge in [-0.2, -0.15) is 0 Å². The molecule has 0 atom stereocenters. The average molecular weight is 345 g/mol. The minimum absolute atomic E-state index is 0.0431. The summed E-state index contributed by atoms with van der Waals surface area (Å²) in [6.07, 6.45) is 0. The normalized spacial score (nSPS) is 10.5. The fourth-order valence-corrected chi connectivity index (χ4v) is 2.32. The lowest BCUT2D eigenvalue weighted by atomic mass is 10.2. The van der Waals surface area contributed by atoms with Gasteiger partial charge in [-0.15, -0.1) is 0 Å². The first-order valence-electron chi connectivity index (χ1n) is 6.41. The molecule has 5 nitrogen and oxygen atoms in total. The molecule has 0 fully saturated rings. The lowest BCUT2D eigenvalue weighted by Crippen LogP contribution is -2.34. The van der Waals surface area contributed by atoms with Crippen LogP contribution in [0.2, 0.25) is 0 Å². The molecule has 0 aliphatic carbocycles. The molecule has 0 radical (unpaired) electrons. The number of carbonyl (C=O) groups excluding carboxylic acids is 1. The van der Waals surface area contributed by atoms with Crippen LogP contribution in [-0.2, 0) is 11.3 Å². The summed E-state index contributed by atoms with van der Waals surface area (Å²) in [6.45, 7) is 4.49. The third kappa shape index (κ3) is 5.02. The Labute approximate surface area is 128 Å². The highest BCUT2D eigenvalue weighted by Gasteiger charge is 2.13. The van der Waals surface area contributed by atoms with E-state index in [1.807, 2.05) is 33.0 Å². The molecule has 112 valence electrons. The number of nitrogens with one attached hydrogen (secondary N) is 2. The smallest absolute Gasteiger partial charge is 0.258 e. The number of methoxy groups -OCH3 is 1. The largest absolute Gasteiger partial charge is 0.493 e. The van der Waals surface area contributed by atoms with Crippen LogP contribution in [0.3, 0.4) is 0 Å². The summed E-state index contributed by atoms with van der Waals surface area (Å²) in [5.74, 6) is 0.974. The first kappa shape index (κ1) is 16.8. The Hall–Kier alpha value is -1.27. The van der Waals surface area contributed by atoms with E-state index in [4.69, 9.17) is 9.47 Å². The number of amides is 1. The molecule has 0 aliphatic rings. The maximum atomic E-state index is 11.6. The van der Waals surface area contributed by atoms with Crippen molar-refractivity contribution in [2.75, 3.05) is 20.8 Å². The van der Waals surface area contributed by atoms with Crippen LogP contribution in [0.25, 0.3) is 0 Å². The maximum absolute atomic E-state index is 11.6. The van der Waals surface area contributed by atoms with E-state index in [1.54, 1.807) is 7.11 Å². The molecule has 0 saturated heterocycles. The van der Waals surface area contributed by atoms with E-state index >= 15 is 0 Å². The van der Waals surface area contributed by atoms with Crippen molar-refractivity contribution < 1.29 is 14.3 Å². The van der Waals surface area contributed by atoms with Crippen LogP contribution in [0.15, 0.2) is 16.6 Å². The van der Waals surface area contributed by atoms with Crippen LogP contribution in [0.4, 0.5) is 0 Å². The molecule has 6 heteroatoms. The Morgan fingerprint density at radius 1 is 1.40 bits per heavy atom. The average Bonchev–Trinajstić information content (AvgIpc) is 2.36. The Balaban J connectivity index is 2.81. The molecule has 0 saturated carbocycles. The standard InChI is InChI=1S/C14H21BrN2O3/c1-9(2)17-13(18)8-20-14-11(15)5-10(7-16-3)6-12(14)19-4/h5-6,9,16H,7-8H2,1-4H3,(H,17,18). The van der Waals surface area contributed by atoms with E-state index < -0.39 is 0 Å². The molecule has 0 aliphatic heterocycles. The van der Waals surface area contributed by atoms with Gasteiger partial charge in [0.05, 0.1) is 11.6 Å². The highest BCUT2D eigenvalue weighted by atomic mass is 79.9. The highest BCUT2D eigenvalue weighted by Crippen LogP contribution is 2.36. The van der Waals surface area contributed by atoms with Gasteiger partial charge in [-0.05, 0) is 54.5 Å². The number of hydrogen-bond acceptors (Lipinski definition) is 4. The van der Waals surface area contributed by atoms with Gasteiger partial charge in [0.25, 0.3) is 5.91 Å². The molecule has 0 aromatic heterocycles. The van der Waals surface area contributed by atoms with E-state index in [2.05, 4.69) is 26.6 Å². The molecule has 0 spiro atoms. The van der Waals surface area contributed by atoms with Crippen molar-refractivity contribution >= 4 is 21.8 Å². The Bertz CT molecular complexity index is 464.